The number of amides is 2. The molecule has 0 aromatic heterocycles. The van der Waals surface area contributed by atoms with E-state index in [2.05, 4.69) is 0 Å². The summed E-state index contributed by atoms with van der Waals surface area (Å²) in [5.74, 6) is -0.193. The summed E-state index contributed by atoms with van der Waals surface area (Å²) in [4.78, 5) is 39.5. The zero-order valence-electron chi connectivity index (χ0n) is 19.0. The fourth-order valence-electron chi connectivity index (χ4n) is 3.50. The highest BCUT2D eigenvalue weighted by atomic mass is 32.2. The van der Waals surface area contributed by atoms with Gasteiger partial charge >= 0.3 is 5.97 Å². The SMILES string of the molecule is COc1cc(/C=C2/SC(=S)N(CCCCCC(=O)O)C2=O)ccc1OCC(=O)N1CCOCC1. The molecule has 2 fully saturated rings. The van der Waals surface area contributed by atoms with Crippen LogP contribution in [0.15, 0.2) is 23.1 Å². The Kier molecular flexibility index (Phi) is 9.73. The van der Waals surface area contributed by atoms with Crippen LogP contribution in [0, 0.1) is 0 Å². The summed E-state index contributed by atoms with van der Waals surface area (Å²) in [7, 11) is 1.51. The van der Waals surface area contributed by atoms with Gasteiger partial charge in [-0.2, -0.15) is 0 Å². The van der Waals surface area contributed by atoms with E-state index < -0.39 is 5.97 Å². The lowest BCUT2D eigenvalue weighted by Gasteiger charge is -2.26. The summed E-state index contributed by atoms with van der Waals surface area (Å²) < 4.78 is 16.9. The molecule has 0 atom stereocenters. The van der Waals surface area contributed by atoms with E-state index in [1.54, 1.807) is 34.1 Å². The number of ether oxygens (including phenoxy) is 3. The number of thiocarbonyl (C=S) groups is 1. The molecule has 2 aliphatic rings. The molecule has 2 amide bonds. The largest absolute Gasteiger partial charge is 0.493 e. The number of carbonyl (C=O) groups is 3. The number of hydrogen-bond donors (Lipinski definition) is 1. The fraction of sp³-hybridized carbons (Fsp3) is 0.478. The molecular formula is C23H28N2O7S2. The van der Waals surface area contributed by atoms with Crippen molar-refractivity contribution >= 4 is 52.2 Å². The Labute approximate surface area is 208 Å². The van der Waals surface area contributed by atoms with E-state index in [4.69, 9.17) is 31.5 Å². The van der Waals surface area contributed by atoms with Crippen LogP contribution in [0.5, 0.6) is 11.5 Å². The number of morpholine rings is 1. The van der Waals surface area contributed by atoms with Gasteiger partial charge < -0.3 is 24.2 Å². The van der Waals surface area contributed by atoms with E-state index in [-0.39, 0.29) is 24.8 Å². The van der Waals surface area contributed by atoms with Crippen LogP contribution >= 0.6 is 24.0 Å². The maximum Gasteiger partial charge on any atom is 0.303 e. The molecule has 0 unspecified atom stereocenters. The molecule has 184 valence electrons. The highest BCUT2D eigenvalue weighted by Crippen LogP contribution is 2.35. The third-order valence-electron chi connectivity index (χ3n) is 5.35. The van der Waals surface area contributed by atoms with Crippen LogP contribution in [0.2, 0.25) is 0 Å². The predicted molar refractivity (Wildman–Crippen MR) is 132 cm³/mol. The second-order valence-electron chi connectivity index (χ2n) is 7.73. The van der Waals surface area contributed by atoms with Crippen molar-refractivity contribution in [3.8, 4) is 11.5 Å². The number of methoxy groups -OCH3 is 1. The van der Waals surface area contributed by atoms with Gasteiger partial charge in [0.1, 0.15) is 4.32 Å². The van der Waals surface area contributed by atoms with Gasteiger partial charge in [0.05, 0.1) is 25.2 Å². The quantitative estimate of drug-likeness (QED) is 0.274. The van der Waals surface area contributed by atoms with E-state index in [9.17, 15) is 14.4 Å². The highest BCUT2D eigenvalue weighted by Gasteiger charge is 2.31. The minimum absolute atomic E-state index is 0.0964. The summed E-state index contributed by atoms with van der Waals surface area (Å²) >= 11 is 6.59. The fourth-order valence-corrected chi connectivity index (χ4v) is 4.81. The second kappa shape index (κ2) is 12.7. The van der Waals surface area contributed by atoms with Gasteiger partial charge in [-0.3, -0.25) is 19.3 Å². The van der Waals surface area contributed by atoms with Crippen molar-refractivity contribution in [1.82, 2.24) is 9.80 Å². The van der Waals surface area contributed by atoms with Crippen LogP contribution in [0.1, 0.15) is 31.2 Å². The molecule has 1 aromatic carbocycles. The van der Waals surface area contributed by atoms with Crippen LogP contribution in [0.4, 0.5) is 0 Å². The summed E-state index contributed by atoms with van der Waals surface area (Å²) in [6.07, 6.45) is 3.85. The van der Waals surface area contributed by atoms with Gasteiger partial charge in [0.2, 0.25) is 0 Å². The van der Waals surface area contributed by atoms with Gasteiger partial charge in [0.25, 0.3) is 11.8 Å². The Morgan fingerprint density at radius 3 is 2.68 bits per heavy atom. The Morgan fingerprint density at radius 1 is 1.21 bits per heavy atom. The first kappa shape index (κ1) is 26.0. The number of thioether (sulfide) groups is 1. The molecule has 2 saturated heterocycles. The van der Waals surface area contributed by atoms with E-state index in [1.165, 1.54) is 18.9 Å². The number of hydrogen-bond acceptors (Lipinski definition) is 8. The lowest BCUT2D eigenvalue weighted by molar-refractivity contribution is -0.138. The molecule has 11 heteroatoms. The number of nitrogens with zero attached hydrogens (tertiary/aromatic N) is 2. The molecule has 0 aliphatic carbocycles. The van der Waals surface area contributed by atoms with E-state index in [1.807, 2.05) is 0 Å². The van der Waals surface area contributed by atoms with Crippen molar-refractivity contribution in [2.75, 3.05) is 46.6 Å². The smallest absolute Gasteiger partial charge is 0.303 e. The van der Waals surface area contributed by atoms with Crippen LogP contribution in [-0.2, 0) is 19.1 Å². The number of carboxylic acid groups (broad SMARTS) is 1. The van der Waals surface area contributed by atoms with E-state index >= 15 is 0 Å². The van der Waals surface area contributed by atoms with Crippen molar-refractivity contribution < 1.29 is 33.7 Å². The topological polar surface area (TPSA) is 106 Å². The zero-order chi connectivity index (χ0) is 24.5. The Balaban J connectivity index is 1.58. The van der Waals surface area contributed by atoms with Gasteiger partial charge in [-0.1, -0.05) is 36.5 Å². The minimum atomic E-state index is -0.816. The molecular weight excluding hydrogens is 480 g/mol. The van der Waals surface area contributed by atoms with Gasteiger partial charge in [0, 0.05) is 26.1 Å². The molecule has 9 nitrogen and oxygen atoms in total. The van der Waals surface area contributed by atoms with Crippen LogP contribution in [-0.4, -0.2) is 83.6 Å². The lowest BCUT2D eigenvalue weighted by atomic mass is 10.1. The van der Waals surface area contributed by atoms with Crippen LogP contribution < -0.4 is 9.47 Å². The average molecular weight is 509 g/mol. The van der Waals surface area contributed by atoms with Crippen molar-refractivity contribution in [2.24, 2.45) is 0 Å². The maximum absolute atomic E-state index is 12.8. The third-order valence-corrected chi connectivity index (χ3v) is 6.72. The molecule has 0 bridgehead atoms. The molecule has 0 spiro atoms. The first-order chi connectivity index (χ1) is 16.4. The molecule has 2 heterocycles. The standard InChI is InChI=1S/C23H28N2O7S2/c1-30-18-13-16(6-7-17(18)32-15-20(26)24-9-11-31-12-10-24)14-19-22(29)25(23(33)34-19)8-4-2-3-5-21(27)28/h6-7,13-14H,2-5,8-12,15H2,1H3,(H,27,28)/b19-14+. The molecule has 0 saturated carbocycles. The summed E-state index contributed by atoms with van der Waals surface area (Å²) in [6.45, 7) is 2.54. The minimum Gasteiger partial charge on any atom is -0.493 e. The van der Waals surface area contributed by atoms with Gasteiger partial charge in [0.15, 0.2) is 18.1 Å². The molecule has 2 aliphatic heterocycles. The first-order valence-corrected chi connectivity index (χ1v) is 12.2. The average Bonchev–Trinajstić information content (AvgIpc) is 3.10. The van der Waals surface area contributed by atoms with Gasteiger partial charge in [-0.15, -0.1) is 0 Å². The number of carbonyl (C=O) groups excluding carboxylic acids is 2. The first-order valence-electron chi connectivity index (χ1n) is 11.0. The molecule has 1 N–H and O–H groups in total. The normalized spacial score (nSPS) is 17.4. The van der Waals surface area contributed by atoms with Crippen molar-refractivity contribution in [1.29, 1.82) is 0 Å². The third kappa shape index (κ3) is 7.18. The van der Waals surface area contributed by atoms with Crippen molar-refractivity contribution in [3.05, 3.63) is 28.7 Å². The van der Waals surface area contributed by atoms with Crippen LogP contribution in [0.25, 0.3) is 6.08 Å². The monoisotopic (exact) mass is 508 g/mol. The Hall–Kier alpha value is -2.63. The van der Waals surface area contributed by atoms with E-state index in [0.717, 1.165) is 12.0 Å². The Morgan fingerprint density at radius 2 is 1.97 bits per heavy atom. The maximum atomic E-state index is 12.8. The predicted octanol–water partition coefficient (Wildman–Crippen LogP) is 2.78. The van der Waals surface area contributed by atoms with Gasteiger partial charge in [-0.25, -0.2) is 0 Å². The molecule has 3 rings (SSSR count). The number of unbranched alkanes of at least 4 members (excludes halogenated alkanes) is 2. The number of carboxylic acids is 1. The van der Waals surface area contributed by atoms with Gasteiger partial charge in [-0.05, 0) is 36.6 Å². The molecule has 1 aromatic rings. The second-order valence-corrected chi connectivity index (χ2v) is 9.41. The number of rotatable bonds is 11. The zero-order valence-corrected chi connectivity index (χ0v) is 20.6. The number of aliphatic carboxylic acids is 1. The lowest BCUT2D eigenvalue weighted by Crippen LogP contribution is -2.43. The Bertz CT molecular complexity index is 961. The van der Waals surface area contributed by atoms with Crippen molar-refractivity contribution in [3.63, 3.8) is 0 Å². The summed E-state index contributed by atoms with van der Waals surface area (Å²) in [6, 6.07) is 5.24. The van der Waals surface area contributed by atoms with E-state index in [0.29, 0.717) is 66.4 Å². The number of benzene rings is 1. The molecule has 34 heavy (non-hydrogen) atoms. The van der Waals surface area contributed by atoms with Crippen LogP contribution in [0.3, 0.4) is 0 Å². The summed E-state index contributed by atoms with van der Waals surface area (Å²) in [5, 5.41) is 8.71. The molecule has 0 radical (unpaired) electrons. The highest BCUT2D eigenvalue weighted by molar-refractivity contribution is 8.26. The van der Waals surface area contributed by atoms with Crippen molar-refractivity contribution in [2.45, 2.75) is 25.7 Å². The summed E-state index contributed by atoms with van der Waals surface area (Å²) in [5.41, 5.74) is 0.741.